The molecule has 1 amide bonds. The molecule has 0 saturated carbocycles. The Morgan fingerprint density at radius 2 is 1.61 bits per heavy atom. The molecule has 9 nitrogen and oxygen atoms in total. The van der Waals surface area contributed by atoms with E-state index < -0.39 is 12.1 Å². The Morgan fingerprint density at radius 1 is 0.854 bits per heavy atom. The van der Waals surface area contributed by atoms with Crippen LogP contribution in [0.2, 0.25) is 0 Å². The maximum Gasteiger partial charge on any atom is 0.412 e. The lowest BCUT2D eigenvalue weighted by Crippen LogP contribution is -2.28. The highest BCUT2D eigenvalue weighted by atomic mass is 16.6. The molecule has 0 radical (unpaired) electrons. The van der Waals surface area contributed by atoms with Crippen LogP contribution in [0.4, 0.5) is 10.6 Å². The van der Waals surface area contributed by atoms with Crippen molar-refractivity contribution >= 4 is 34.9 Å². The van der Waals surface area contributed by atoms with Crippen LogP contribution in [0.25, 0.3) is 28.1 Å². The molecular formula is C32H27N5O4. The van der Waals surface area contributed by atoms with Crippen LogP contribution in [0.5, 0.6) is 0 Å². The van der Waals surface area contributed by atoms with Crippen molar-refractivity contribution in [2.75, 3.05) is 12.4 Å². The molecule has 41 heavy (non-hydrogen) atoms. The SMILES string of the molecule is COC(=O)C(=Cc1nc(NCc2ccccn2)c2c(-c3ccccc3)cccc2n1)NC(=O)OCc1ccccc1. The molecule has 0 atom stereocenters. The van der Waals surface area contributed by atoms with E-state index in [1.165, 1.54) is 13.2 Å². The highest BCUT2D eigenvalue weighted by Gasteiger charge is 2.18. The van der Waals surface area contributed by atoms with Gasteiger partial charge in [-0.15, -0.1) is 0 Å². The van der Waals surface area contributed by atoms with Gasteiger partial charge in [0.05, 0.1) is 30.3 Å². The zero-order valence-electron chi connectivity index (χ0n) is 22.3. The third-order valence-corrected chi connectivity index (χ3v) is 6.12. The van der Waals surface area contributed by atoms with E-state index in [0.717, 1.165) is 27.8 Å². The van der Waals surface area contributed by atoms with Gasteiger partial charge in [0.2, 0.25) is 0 Å². The average Bonchev–Trinajstić information content (AvgIpc) is 3.03. The van der Waals surface area contributed by atoms with Gasteiger partial charge in [-0.25, -0.2) is 19.6 Å². The highest BCUT2D eigenvalue weighted by Crippen LogP contribution is 2.32. The number of hydrogen-bond acceptors (Lipinski definition) is 8. The zero-order valence-corrected chi connectivity index (χ0v) is 22.3. The molecule has 9 heteroatoms. The van der Waals surface area contributed by atoms with Crippen molar-refractivity contribution in [1.82, 2.24) is 20.3 Å². The van der Waals surface area contributed by atoms with Crippen LogP contribution >= 0.6 is 0 Å². The molecule has 0 unspecified atom stereocenters. The summed E-state index contributed by atoms with van der Waals surface area (Å²) in [5.41, 5.74) is 4.06. The van der Waals surface area contributed by atoms with E-state index in [1.54, 1.807) is 6.20 Å². The van der Waals surface area contributed by atoms with Crippen molar-refractivity contribution < 1.29 is 19.1 Å². The molecule has 204 valence electrons. The summed E-state index contributed by atoms with van der Waals surface area (Å²) in [5, 5.41) is 6.65. The quantitative estimate of drug-likeness (QED) is 0.178. The molecule has 2 aromatic heterocycles. The number of carbonyl (C=O) groups is 2. The number of fused-ring (bicyclic) bond motifs is 1. The van der Waals surface area contributed by atoms with Gasteiger partial charge < -0.3 is 14.8 Å². The molecule has 0 fully saturated rings. The monoisotopic (exact) mass is 545 g/mol. The van der Waals surface area contributed by atoms with Gasteiger partial charge in [0.1, 0.15) is 18.1 Å². The second-order valence-electron chi connectivity index (χ2n) is 8.91. The standard InChI is InChI=1S/C32H27N5O4/c1-40-31(38)27(36-32(39)41-21-22-11-4-2-5-12-22)19-28-35-26-17-10-16-25(23-13-6-3-7-14-23)29(26)30(37-28)34-20-24-15-8-9-18-33-24/h2-19H,20-21H2,1H3,(H,36,39)(H,34,35,37). The Balaban J connectivity index is 1.51. The van der Waals surface area contributed by atoms with Gasteiger partial charge in [0.25, 0.3) is 0 Å². The summed E-state index contributed by atoms with van der Waals surface area (Å²) in [6.07, 6.45) is 2.27. The number of methoxy groups -OCH3 is 1. The number of benzene rings is 3. The minimum Gasteiger partial charge on any atom is -0.464 e. The first-order valence-corrected chi connectivity index (χ1v) is 12.9. The van der Waals surface area contributed by atoms with Gasteiger partial charge in [-0.1, -0.05) is 78.9 Å². The number of hydrogen-bond donors (Lipinski definition) is 2. The molecule has 0 spiro atoms. The first-order chi connectivity index (χ1) is 20.1. The minimum atomic E-state index is -0.814. The predicted molar refractivity (Wildman–Crippen MR) is 156 cm³/mol. The Bertz CT molecular complexity index is 1680. The lowest BCUT2D eigenvalue weighted by atomic mass is 10.0. The second-order valence-corrected chi connectivity index (χ2v) is 8.91. The highest BCUT2D eigenvalue weighted by molar-refractivity contribution is 6.02. The van der Waals surface area contributed by atoms with Crippen LogP contribution in [-0.2, 0) is 27.4 Å². The number of nitrogens with one attached hydrogen (secondary N) is 2. The fraction of sp³-hybridized carbons (Fsp3) is 0.0938. The van der Waals surface area contributed by atoms with E-state index in [9.17, 15) is 9.59 Å². The average molecular weight is 546 g/mol. The third kappa shape index (κ3) is 6.90. The number of anilines is 1. The topological polar surface area (TPSA) is 115 Å². The Morgan fingerprint density at radius 3 is 2.34 bits per heavy atom. The first kappa shape index (κ1) is 27.0. The Labute approximate surface area is 236 Å². The Hall–Kier alpha value is -5.57. The molecule has 0 aliphatic rings. The van der Waals surface area contributed by atoms with Crippen molar-refractivity contribution in [2.45, 2.75) is 13.2 Å². The van der Waals surface area contributed by atoms with Crippen molar-refractivity contribution in [1.29, 1.82) is 0 Å². The largest absolute Gasteiger partial charge is 0.464 e. The number of carbonyl (C=O) groups excluding carboxylic acids is 2. The van der Waals surface area contributed by atoms with E-state index in [4.69, 9.17) is 19.4 Å². The van der Waals surface area contributed by atoms with Crippen LogP contribution in [0, 0.1) is 0 Å². The van der Waals surface area contributed by atoms with E-state index in [2.05, 4.69) is 15.6 Å². The molecule has 2 N–H and O–H groups in total. The van der Waals surface area contributed by atoms with Crippen molar-refractivity contribution in [2.24, 2.45) is 0 Å². The summed E-state index contributed by atoms with van der Waals surface area (Å²) >= 11 is 0. The van der Waals surface area contributed by atoms with Crippen molar-refractivity contribution in [3.05, 3.63) is 126 Å². The smallest absolute Gasteiger partial charge is 0.412 e. The van der Waals surface area contributed by atoms with Crippen LogP contribution < -0.4 is 10.6 Å². The normalized spacial score (nSPS) is 11.1. The number of aromatic nitrogens is 3. The predicted octanol–water partition coefficient (Wildman–Crippen LogP) is 5.74. The van der Waals surface area contributed by atoms with E-state index in [0.29, 0.717) is 17.9 Å². The van der Waals surface area contributed by atoms with E-state index in [-0.39, 0.29) is 18.1 Å². The number of ether oxygens (including phenoxy) is 2. The van der Waals surface area contributed by atoms with Gasteiger partial charge in [-0.3, -0.25) is 10.3 Å². The number of nitrogens with zero attached hydrogens (tertiary/aromatic N) is 3. The van der Waals surface area contributed by atoms with Gasteiger partial charge in [0.15, 0.2) is 5.82 Å². The molecule has 0 aliphatic heterocycles. The molecular weight excluding hydrogens is 518 g/mol. The van der Waals surface area contributed by atoms with Crippen molar-refractivity contribution in [3.63, 3.8) is 0 Å². The maximum absolute atomic E-state index is 12.6. The lowest BCUT2D eigenvalue weighted by Gasteiger charge is -2.14. The summed E-state index contributed by atoms with van der Waals surface area (Å²) in [7, 11) is 1.22. The summed E-state index contributed by atoms with van der Waals surface area (Å²) in [6.45, 7) is 0.449. The number of alkyl carbamates (subject to hydrolysis) is 1. The minimum absolute atomic E-state index is 0.0391. The third-order valence-electron chi connectivity index (χ3n) is 6.12. The fourth-order valence-electron chi connectivity index (χ4n) is 4.18. The van der Waals surface area contributed by atoms with Gasteiger partial charge in [0, 0.05) is 12.3 Å². The summed E-state index contributed by atoms with van der Waals surface area (Å²) in [4.78, 5) is 38.9. The summed E-state index contributed by atoms with van der Waals surface area (Å²) in [5.74, 6) is -0.0383. The van der Waals surface area contributed by atoms with Crippen LogP contribution in [-0.4, -0.2) is 34.1 Å². The number of pyridine rings is 1. The van der Waals surface area contributed by atoms with E-state index in [1.807, 2.05) is 97.1 Å². The maximum atomic E-state index is 12.6. The van der Waals surface area contributed by atoms with Crippen LogP contribution in [0.3, 0.4) is 0 Å². The van der Waals surface area contributed by atoms with Gasteiger partial charge in [-0.2, -0.15) is 0 Å². The molecule has 0 saturated heterocycles. The molecule has 0 aliphatic carbocycles. The first-order valence-electron chi connectivity index (χ1n) is 12.9. The molecule has 0 bridgehead atoms. The molecule has 5 rings (SSSR count). The second kappa shape index (κ2) is 13.0. The molecule has 5 aromatic rings. The van der Waals surface area contributed by atoms with Gasteiger partial charge >= 0.3 is 12.1 Å². The van der Waals surface area contributed by atoms with Crippen molar-refractivity contribution in [3.8, 4) is 11.1 Å². The summed E-state index contributed by atoms with van der Waals surface area (Å²) in [6, 6.07) is 30.6. The lowest BCUT2D eigenvalue weighted by molar-refractivity contribution is -0.136. The number of esters is 1. The Kier molecular flexibility index (Phi) is 8.56. The van der Waals surface area contributed by atoms with Crippen LogP contribution in [0.1, 0.15) is 17.1 Å². The summed E-state index contributed by atoms with van der Waals surface area (Å²) < 4.78 is 10.2. The number of amides is 1. The van der Waals surface area contributed by atoms with Gasteiger partial charge in [-0.05, 0) is 34.9 Å². The molecule has 2 heterocycles. The zero-order chi connectivity index (χ0) is 28.4. The fourth-order valence-corrected chi connectivity index (χ4v) is 4.18. The van der Waals surface area contributed by atoms with E-state index >= 15 is 0 Å². The molecule has 3 aromatic carbocycles. The number of rotatable bonds is 9. The van der Waals surface area contributed by atoms with Crippen LogP contribution in [0.15, 0.2) is 109 Å².